The molecule has 4 unspecified atom stereocenters. The molecule has 0 aliphatic carbocycles. The summed E-state index contributed by atoms with van der Waals surface area (Å²) in [4.78, 5) is 23.9. The van der Waals surface area contributed by atoms with E-state index in [4.69, 9.17) is 25.8 Å². The molecule has 3 fully saturated rings. The second kappa shape index (κ2) is 11.2. The second-order valence-corrected chi connectivity index (χ2v) is 10.6. The van der Waals surface area contributed by atoms with Gasteiger partial charge in [-0.1, -0.05) is 6.58 Å². The van der Waals surface area contributed by atoms with Gasteiger partial charge in [-0.3, -0.25) is 9.59 Å². The number of carbonyl (C=O) groups is 2. The molecule has 0 saturated carbocycles. The van der Waals surface area contributed by atoms with Gasteiger partial charge in [0.25, 0.3) is 0 Å². The summed E-state index contributed by atoms with van der Waals surface area (Å²) >= 11 is 8.32. The Morgan fingerprint density at radius 3 is 2.52 bits per heavy atom. The molecule has 10 heteroatoms. The van der Waals surface area contributed by atoms with Crippen molar-refractivity contribution in [3.8, 4) is 0 Å². The summed E-state index contributed by atoms with van der Waals surface area (Å²) in [6, 6.07) is 0. The van der Waals surface area contributed by atoms with Gasteiger partial charge in [-0.25, -0.2) is 0 Å². The summed E-state index contributed by atoms with van der Waals surface area (Å²) in [6.07, 6.45) is -3.00. The third-order valence-corrected chi connectivity index (χ3v) is 6.91. The number of alkyl halides is 1. The molecule has 0 aromatic rings. The molecule has 0 aromatic heterocycles. The van der Waals surface area contributed by atoms with Crippen LogP contribution in [0.15, 0.2) is 10.2 Å². The summed E-state index contributed by atoms with van der Waals surface area (Å²) in [5, 5.41) is 21.4. The van der Waals surface area contributed by atoms with Crippen LogP contribution in [0, 0.1) is 0 Å². The number of esters is 1. The Morgan fingerprint density at radius 1 is 1.13 bits per heavy atom. The van der Waals surface area contributed by atoms with Crippen molar-refractivity contribution in [1.82, 2.24) is 0 Å². The maximum Gasteiger partial charge on any atom is 0.308 e. The van der Waals surface area contributed by atoms with Gasteiger partial charge in [0, 0.05) is 18.2 Å². The van der Waals surface area contributed by atoms with Crippen molar-refractivity contribution >= 4 is 45.9 Å². The molecule has 0 radical (unpaired) electrons. The molecule has 2 N–H and O–H groups in total. The minimum absolute atomic E-state index is 0.0280. The summed E-state index contributed by atoms with van der Waals surface area (Å²) in [6.45, 7) is 3.81. The molecule has 0 spiro atoms. The first-order chi connectivity index (χ1) is 14.7. The molecule has 176 valence electrons. The van der Waals surface area contributed by atoms with E-state index >= 15 is 0 Å². The largest absolute Gasteiger partial charge is 0.469 e. The fraction of sp³-hybridized carbons (Fsp3) is 0.810. The van der Waals surface area contributed by atoms with E-state index in [-0.39, 0.29) is 42.5 Å². The summed E-state index contributed by atoms with van der Waals surface area (Å²) in [5.74, 6) is -0.436. The number of ether oxygens (including phenoxy) is 4. The van der Waals surface area contributed by atoms with E-state index in [0.717, 1.165) is 3.58 Å². The number of hydrogen-bond acceptors (Lipinski definition) is 8. The van der Waals surface area contributed by atoms with Gasteiger partial charge in [-0.2, -0.15) is 0 Å². The van der Waals surface area contributed by atoms with Crippen LogP contribution in [-0.4, -0.2) is 83.3 Å². The standard InChI is InChI=1S/C21H30ClIO8/c1-10(23)7-11(22)3-4-12(24)8-15-17(26)20-21(31-15)18(27)19-14(30-20)6-5-13(29-19)9-16(25)28-2/h11,13-15,17-21,26-27H,1,3-9H2,2H3/t11-,13-,14+,15?,17+,18?,19+,20?,21?/m1/s1. The van der Waals surface area contributed by atoms with E-state index in [0.29, 0.717) is 25.7 Å². The van der Waals surface area contributed by atoms with Crippen molar-refractivity contribution in [2.75, 3.05) is 7.11 Å². The SMILES string of the molecule is C=C(I)C[C@H](Cl)CCC(=O)CC1OC2C(O[C@H]3CC[C@H](CC(=O)OC)O[C@@H]3C2O)[C@H]1O. The predicted octanol–water partition coefficient (Wildman–Crippen LogP) is 2.04. The first kappa shape index (κ1) is 25.3. The summed E-state index contributed by atoms with van der Waals surface area (Å²) in [7, 11) is 1.32. The maximum absolute atomic E-state index is 12.4. The van der Waals surface area contributed by atoms with Crippen LogP contribution in [0.25, 0.3) is 0 Å². The Bertz CT molecular complexity index is 676. The van der Waals surface area contributed by atoms with Gasteiger partial charge in [-0.05, 0) is 51.9 Å². The lowest BCUT2D eigenvalue weighted by Crippen LogP contribution is -2.61. The molecule has 3 heterocycles. The predicted molar refractivity (Wildman–Crippen MR) is 120 cm³/mol. The zero-order valence-corrected chi connectivity index (χ0v) is 20.4. The number of Topliss-reactive ketones (excluding diaryl/α,β-unsaturated/α-hetero) is 1. The Balaban J connectivity index is 1.54. The molecule has 3 rings (SSSR count). The lowest BCUT2D eigenvalue weighted by atomic mass is 9.87. The van der Waals surface area contributed by atoms with Gasteiger partial charge < -0.3 is 29.2 Å². The Kier molecular flexibility index (Phi) is 9.16. The number of halogens is 2. The highest BCUT2D eigenvalue weighted by atomic mass is 127. The lowest BCUT2D eigenvalue weighted by Gasteiger charge is -2.46. The zero-order chi connectivity index (χ0) is 22.7. The number of carbonyl (C=O) groups excluding carboxylic acids is 2. The van der Waals surface area contributed by atoms with Gasteiger partial charge in [0.05, 0.1) is 31.8 Å². The summed E-state index contributed by atoms with van der Waals surface area (Å²) < 4.78 is 23.4. The highest BCUT2D eigenvalue weighted by Gasteiger charge is 2.57. The Labute approximate surface area is 200 Å². The average molecular weight is 573 g/mol. The van der Waals surface area contributed by atoms with Crippen molar-refractivity contribution < 1.29 is 38.7 Å². The molecule has 8 nitrogen and oxygen atoms in total. The van der Waals surface area contributed by atoms with E-state index in [2.05, 4.69) is 33.9 Å². The molecule has 0 aromatic carbocycles. The second-order valence-electron chi connectivity index (χ2n) is 8.44. The van der Waals surface area contributed by atoms with Crippen molar-refractivity contribution in [1.29, 1.82) is 0 Å². The van der Waals surface area contributed by atoms with E-state index in [1.807, 2.05) is 0 Å². The number of allylic oxidation sites excluding steroid dienone is 1. The topological polar surface area (TPSA) is 112 Å². The van der Waals surface area contributed by atoms with Gasteiger partial charge in [-0.15, -0.1) is 11.6 Å². The van der Waals surface area contributed by atoms with Crippen LogP contribution < -0.4 is 0 Å². The zero-order valence-electron chi connectivity index (χ0n) is 17.5. The smallest absolute Gasteiger partial charge is 0.308 e. The maximum atomic E-state index is 12.4. The number of hydrogen-bond donors (Lipinski definition) is 2. The molecule has 31 heavy (non-hydrogen) atoms. The number of aliphatic hydroxyl groups excluding tert-OH is 2. The van der Waals surface area contributed by atoms with Crippen molar-refractivity contribution in [3.05, 3.63) is 10.2 Å². The molecule has 9 atom stereocenters. The Hall–Kier alpha value is -0.300. The van der Waals surface area contributed by atoms with Crippen LogP contribution >= 0.6 is 34.2 Å². The van der Waals surface area contributed by atoms with E-state index in [1.54, 1.807) is 0 Å². The van der Waals surface area contributed by atoms with E-state index < -0.39 is 42.7 Å². The first-order valence-electron chi connectivity index (χ1n) is 10.6. The van der Waals surface area contributed by atoms with Crippen LogP contribution in [0.2, 0.25) is 0 Å². The number of aliphatic hydroxyl groups is 2. The van der Waals surface area contributed by atoms with Crippen molar-refractivity contribution in [3.63, 3.8) is 0 Å². The van der Waals surface area contributed by atoms with Gasteiger partial charge in [0.1, 0.15) is 36.3 Å². The van der Waals surface area contributed by atoms with Gasteiger partial charge in [0.2, 0.25) is 0 Å². The molecular formula is C21H30ClIO8. The number of ketones is 1. The van der Waals surface area contributed by atoms with Crippen LogP contribution in [0.5, 0.6) is 0 Å². The molecule has 3 aliphatic heterocycles. The third-order valence-electron chi connectivity index (χ3n) is 6.10. The molecule has 0 amide bonds. The van der Waals surface area contributed by atoms with Crippen LogP contribution in [0.4, 0.5) is 0 Å². The monoisotopic (exact) mass is 572 g/mol. The Morgan fingerprint density at radius 2 is 1.84 bits per heavy atom. The first-order valence-corrected chi connectivity index (χ1v) is 12.1. The fourth-order valence-electron chi connectivity index (χ4n) is 4.50. The highest BCUT2D eigenvalue weighted by molar-refractivity contribution is 14.1. The highest BCUT2D eigenvalue weighted by Crippen LogP contribution is 2.40. The minimum atomic E-state index is -1.03. The van der Waals surface area contributed by atoms with E-state index in [1.165, 1.54) is 7.11 Å². The third kappa shape index (κ3) is 6.39. The summed E-state index contributed by atoms with van der Waals surface area (Å²) in [5.41, 5.74) is 0. The minimum Gasteiger partial charge on any atom is -0.469 e. The van der Waals surface area contributed by atoms with Crippen LogP contribution in [0.1, 0.15) is 44.9 Å². The van der Waals surface area contributed by atoms with Crippen molar-refractivity contribution in [2.45, 2.75) is 99.2 Å². The molecular weight excluding hydrogens is 543 g/mol. The average Bonchev–Trinajstić information content (AvgIpc) is 3.02. The quantitative estimate of drug-likeness (QED) is 0.245. The lowest BCUT2D eigenvalue weighted by molar-refractivity contribution is -0.259. The van der Waals surface area contributed by atoms with Gasteiger partial charge >= 0.3 is 5.97 Å². The fourth-order valence-corrected chi connectivity index (χ4v) is 5.59. The number of fused-ring (bicyclic) bond motifs is 2. The number of rotatable bonds is 9. The van der Waals surface area contributed by atoms with Crippen molar-refractivity contribution in [2.24, 2.45) is 0 Å². The molecule has 3 saturated heterocycles. The van der Waals surface area contributed by atoms with Crippen LogP contribution in [-0.2, 0) is 28.5 Å². The van der Waals surface area contributed by atoms with Gasteiger partial charge in [0.15, 0.2) is 0 Å². The van der Waals surface area contributed by atoms with E-state index in [9.17, 15) is 19.8 Å². The van der Waals surface area contributed by atoms with Crippen LogP contribution in [0.3, 0.4) is 0 Å². The number of methoxy groups -OCH3 is 1. The normalized spacial score (nSPS) is 38.1. The molecule has 0 bridgehead atoms. The molecule has 3 aliphatic rings.